The van der Waals surface area contributed by atoms with E-state index in [4.69, 9.17) is 4.42 Å². The van der Waals surface area contributed by atoms with E-state index in [0.29, 0.717) is 30.7 Å². The monoisotopic (exact) mass is 371 g/mol. The summed E-state index contributed by atoms with van der Waals surface area (Å²) >= 11 is 0. The molecule has 1 saturated heterocycles. The van der Waals surface area contributed by atoms with Gasteiger partial charge in [0.15, 0.2) is 0 Å². The van der Waals surface area contributed by atoms with Crippen molar-refractivity contribution in [2.24, 2.45) is 0 Å². The summed E-state index contributed by atoms with van der Waals surface area (Å²) in [5, 5.41) is 8.04. The standard InChI is InChI=1S/C16H19F2N3O3S/c1-10(2)15-19-20-16(24-15)11-3-5-21(6-4-11)25(22,23)14-8-12(17)7-13(18)9-14/h7-11H,3-6H2,1-2H3. The van der Waals surface area contributed by atoms with Crippen molar-refractivity contribution >= 4 is 10.0 Å². The fraction of sp³-hybridized carbons (Fsp3) is 0.500. The van der Waals surface area contributed by atoms with E-state index in [1.807, 2.05) is 13.8 Å². The molecular weight excluding hydrogens is 352 g/mol. The first-order valence-electron chi connectivity index (χ1n) is 8.07. The van der Waals surface area contributed by atoms with E-state index in [9.17, 15) is 17.2 Å². The highest BCUT2D eigenvalue weighted by Gasteiger charge is 2.32. The molecule has 0 bridgehead atoms. The van der Waals surface area contributed by atoms with E-state index < -0.39 is 21.7 Å². The number of rotatable bonds is 4. The average Bonchev–Trinajstić information content (AvgIpc) is 3.04. The van der Waals surface area contributed by atoms with Crippen LogP contribution in [0.3, 0.4) is 0 Å². The molecule has 0 saturated carbocycles. The zero-order valence-corrected chi connectivity index (χ0v) is 14.8. The molecule has 1 aromatic heterocycles. The van der Waals surface area contributed by atoms with Crippen LogP contribution in [0.15, 0.2) is 27.5 Å². The minimum atomic E-state index is -3.93. The molecule has 0 N–H and O–H groups in total. The molecule has 6 nitrogen and oxygen atoms in total. The van der Waals surface area contributed by atoms with Crippen molar-refractivity contribution in [3.05, 3.63) is 41.6 Å². The first kappa shape index (κ1) is 17.9. The molecule has 1 aliphatic rings. The number of halogens is 2. The van der Waals surface area contributed by atoms with E-state index in [1.165, 1.54) is 4.31 Å². The first-order chi connectivity index (χ1) is 11.8. The van der Waals surface area contributed by atoms with Gasteiger partial charge >= 0.3 is 0 Å². The van der Waals surface area contributed by atoms with Crippen LogP contribution < -0.4 is 0 Å². The molecule has 0 radical (unpaired) electrons. The number of piperidine rings is 1. The SMILES string of the molecule is CC(C)c1nnc(C2CCN(S(=O)(=O)c3cc(F)cc(F)c3)CC2)o1. The molecule has 0 amide bonds. The quantitative estimate of drug-likeness (QED) is 0.826. The highest BCUT2D eigenvalue weighted by molar-refractivity contribution is 7.89. The van der Waals surface area contributed by atoms with Gasteiger partial charge in [0.05, 0.1) is 4.90 Å². The van der Waals surface area contributed by atoms with Gasteiger partial charge in [-0.15, -0.1) is 10.2 Å². The van der Waals surface area contributed by atoms with E-state index in [-0.39, 0.29) is 29.8 Å². The molecule has 25 heavy (non-hydrogen) atoms. The van der Waals surface area contributed by atoms with Crippen molar-refractivity contribution in [2.75, 3.05) is 13.1 Å². The fourth-order valence-electron chi connectivity index (χ4n) is 2.81. The lowest BCUT2D eigenvalue weighted by atomic mass is 9.98. The molecule has 3 rings (SSSR count). The summed E-state index contributed by atoms with van der Waals surface area (Å²) in [4.78, 5) is -0.372. The van der Waals surface area contributed by atoms with Crippen LogP contribution >= 0.6 is 0 Å². The predicted molar refractivity (Wildman–Crippen MR) is 85.5 cm³/mol. The van der Waals surface area contributed by atoms with Gasteiger partial charge in [-0.3, -0.25) is 0 Å². The molecular formula is C16H19F2N3O3S. The van der Waals surface area contributed by atoms with E-state index >= 15 is 0 Å². The van der Waals surface area contributed by atoms with Crippen LogP contribution in [-0.2, 0) is 10.0 Å². The lowest BCUT2D eigenvalue weighted by molar-refractivity contribution is 0.284. The van der Waals surface area contributed by atoms with Crippen LogP contribution in [0.2, 0.25) is 0 Å². The minimum absolute atomic E-state index is 0.0179. The van der Waals surface area contributed by atoms with E-state index in [1.54, 1.807) is 0 Å². The maximum absolute atomic E-state index is 13.3. The Balaban J connectivity index is 1.72. The van der Waals surface area contributed by atoms with Crippen LogP contribution in [0.1, 0.15) is 50.3 Å². The minimum Gasteiger partial charge on any atom is -0.425 e. The molecule has 0 atom stereocenters. The van der Waals surface area contributed by atoms with Gasteiger partial charge in [-0.2, -0.15) is 4.31 Å². The van der Waals surface area contributed by atoms with Gasteiger partial charge in [-0.25, -0.2) is 17.2 Å². The topological polar surface area (TPSA) is 76.3 Å². The first-order valence-corrected chi connectivity index (χ1v) is 9.51. The van der Waals surface area contributed by atoms with Gasteiger partial charge < -0.3 is 4.42 Å². The van der Waals surface area contributed by atoms with Crippen molar-refractivity contribution in [2.45, 2.75) is 43.4 Å². The Kier molecular flexibility index (Phi) is 4.88. The molecule has 136 valence electrons. The highest BCUT2D eigenvalue weighted by atomic mass is 32.2. The molecule has 1 aromatic carbocycles. The van der Waals surface area contributed by atoms with Crippen LogP contribution in [0.5, 0.6) is 0 Å². The molecule has 0 spiro atoms. The number of nitrogens with zero attached hydrogens (tertiary/aromatic N) is 3. The highest BCUT2D eigenvalue weighted by Crippen LogP contribution is 2.31. The zero-order chi connectivity index (χ0) is 18.2. The third-order valence-electron chi connectivity index (χ3n) is 4.23. The maximum Gasteiger partial charge on any atom is 0.243 e. The largest absolute Gasteiger partial charge is 0.425 e. The lowest BCUT2D eigenvalue weighted by Crippen LogP contribution is -2.38. The summed E-state index contributed by atoms with van der Waals surface area (Å²) in [5.74, 6) is -0.654. The van der Waals surface area contributed by atoms with Crippen molar-refractivity contribution < 1.29 is 21.6 Å². The van der Waals surface area contributed by atoms with Crippen molar-refractivity contribution in [1.29, 1.82) is 0 Å². The van der Waals surface area contributed by atoms with E-state index in [0.717, 1.165) is 12.1 Å². The van der Waals surface area contributed by atoms with Crippen molar-refractivity contribution in [1.82, 2.24) is 14.5 Å². The Hall–Kier alpha value is -1.87. The molecule has 2 aromatic rings. The van der Waals surface area contributed by atoms with Crippen LogP contribution in [0.4, 0.5) is 8.78 Å². The Labute approximate surface area is 144 Å². The number of aromatic nitrogens is 2. The normalized spacial score (nSPS) is 17.3. The lowest BCUT2D eigenvalue weighted by Gasteiger charge is -2.29. The van der Waals surface area contributed by atoms with Crippen molar-refractivity contribution in [3.8, 4) is 0 Å². The fourth-order valence-corrected chi connectivity index (χ4v) is 4.33. The van der Waals surface area contributed by atoms with Crippen LogP contribution in [-0.4, -0.2) is 36.0 Å². The van der Waals surface area contributed by atoms with Gasteiger partial charge in [0.25, 0.3) is 0 Å². The average molecular weight is 371 g/mol. The number of hydrogen-bond donors (Lipinski definition) is 0. The summed E-state index contributed by atoms with van der Waals surface area (Å²) in [5.41, 5.74) is 0. The molecule has 9 heteroatoms. The Morgan fingerprint density at radius 3 is 2.24 bits per heavy atom. The third-order valence-corrected chi connectivity index (χ3v) is 6.10. The Morgan fingerprint density at radius 1 is 1.12 bits per heavy atom. The Bertz CT molecular complexity index is 839. The van der Waals surface area contributed by atoms with Gasteiger partial charge in [0.2, 0.25) is 21.8 Å². The molecule has 0 unspecified atom stereocenters. The number of benzene rings is 1. The molecule has 1 aliphatic heterocycles. The van der Waals surface area contributed by atoms with E-state index in [2.05, 4.69) is 10.2 Å². The summed E-state index contributed by atoms with van der Waals surface area (Å²) in [6.07, 6.45) is 1.02. The maximum atomic E-state index is 13.3. The van der Waals surface area contributed by atoms with Crippen LogP contribution in [0, 0.1) is 11.6 Å². The predicted octanol–water partition coefficient (Wildman–Crippen LogP) is 3.04. The second-order valence-corrected chi connectivity index (χ2v) is 8.35. The van der Waals surface area contributed by atoms with Crippen LogP contribution in [0.25, 0.3) is 0 Å². The number of hydrogen-bond acceptors (Lipinski definition) is 5. The molecule has 1 fully saturated rings. The van der Waals surface area contributed by atoms with Gasteiger partial charge in [0, 0.05) is 31.0 Å². The second-order valence-electron chi connectivity index (χ2n) is 6.42. The zero-order valence-electron chi connectivity index (χ0n) is 13.9. The molecule has 2 heterocycles. The summed E-state index contributed by atoms with van der Waals surface area (Å²) in [7, 11) is -3.93. The summed E-state index contributed by atoms with van der Waals surface area (Å²) in [6, 6.07) is 2.31. The van der Waals surface area contributed by atoms with Gasteiger partial charge in [-0.05, 0) is 25.0 Å². The smallest absolute Gasteiger partial charge is 0.243 e. The van der Waals surface area contributed by atoms with Gasteiger partial charge in [-0.1, -0.05) is 13.8 Å². The molecule has 0 aliphatic carbocycles. The van der Waals surface area contributed by atoms with Crippen molar-refractivity contribution in [3.63, 3.8) is 0 Å². The summed E-state index contributed by atoms with van der Waals surface area (Å²) < 4.78 is 58.7. The summed E-state index contributed by atoms with van der Waals surface area (Å²) in [6.45, 7) is 4.35. The number of sulfonamides is 1. The Morgan fingerprint density at radius 2 is 1.72 bits per heavy atom. The third kappa shape index (κ3) is 3.72. The second kappa shape index (κ2) is 6.80. The van der Waals surface area contributed by atoms with Gasteiger partial charge in [0.1, 0.15) is 11.6 Å².